The van der Waals surface area contributed by atoms with Gasteiger partial charge in [-0.3, -0.25) is 4.79 Å². The molecule has 0 aliphatic heterocycles. The van der Waals surface area contributed by atoms with Crippen LogP contribution >= 0.6 is 25.0 Å². The van der Waals surface area contributed by atoms with Crippen LogP contribution in [0.15, 0.2) is 0 Å². The largest absolute Gasteiger partial charge is 0.465 e. The van der Waals surface area contributed by atoms with Crippen molar-refractivity contribution in [2.45, 2.75) is 64.3 Å². The molecule has 2 N–H and O–H groups in total. The molecule has 0 aliphatic carbocycles. The first kappa shape index (κ1) is 20.4. The summed E-state index contributed by atoms with van der Waals surface area (Å²) in [6, 6.07) is -0.577. The Morgan fingerprint density at radius 2 is 1.61 bits per heavy atom. The molecule has 0 spiro atoms. The summed E-state index contributed by atoms with van der Waals surface area (Å²) in [4.78, 5) is 11.2. The minimum atomic E-state index is -0.577. The van der Waals surface area contributed by atoms with Crippen LogP contribution in [-0.4, -0.2) is 24.4 Å². The molecular weight excluding hydrogens is 270 g/mol. The Labute approximate surface area is 123 Å². The Bertz CT molecular complexity index is 194. The number of hydrogen-bond acceptors (Lipinski definition) is 4. The van der Waals surface area contributed by atoms with Crippen molar-refractivity contribution in [3.8, 4) is 0 Å². The molecule has 0 heterocycles. The second kappa shape index (κ2) is 15.1. The number of carbonyl (C=O) groups is 1. The number of esters is 1. The van der Waals surface area contributed by atoms with Crippen LogP contribution in [0.3, 0.4) is 0 Å². The Kier molecular flexibility index (Phi) is 17.1. The van der Waals surface area contributed by atoms with Crippen LogP contribution in [0.5, 0.6) is 0 Å². The summed E-state index contributed by atoms with van der Waals surface area (Å²) in [6.45, 7) is 2.72. The third-order valence-electron chi connectivity index (χ3n) is 2.74. The Morgan fingerprint density at radius 1 is 1.11 bits per heavy atom. The van der Waals surface area contributed by atoms with E-state index in [4.69, 9.17) is 10.5 Å². The van der Waals surface area contributed by atoms with Crippen molar-refractivity contribution >= 4 is 31.0 Å². The summed E-state index contributed by atoms with van der Waals surface area (Å²) in [6.07, 6.45) is 9.93. The molecule has 0 bridgehead atoms. The SMILES string of the molecule is CCCCCCCCCCOC(=O)[C@@H](N)CS.Cl. The molecular formula is C13H28ClNO2S. The first-order valence-corrected chi connectivity index (χ1v) is 7.38. The molecule has 0 fully saturated rings. The van der Waals surface area contributed by atoms with Gasteiger partial charge in [0, 0.05) is 5.75 Å². The Balaban J connectivity index is 0. The van der Waals surface area contributed by atoms with Crippen molar-refractivity contribution in [2.24, 2.45) is 5.73 Å². The summed E-state index contributed by atoms with van der Waals surface area (Å²) >= 11 is 3.95. The van der Waals surface area contributed by atoms with Gasteiger partial charge in [-0.05, 0) is 6.42 Å². The van der Waals surface area contributed by atoms with Crippen molar-refractivity contribution in [3.05, 3.63) is 0 Å². The normalized spacial score (nSPS) is 11.7. The first-order chi connectivity index (χ1) is 8.22. The number of ether oxygens (including phenoxy) is 1. The van der Waals surface area contributed by atoms with Gasteiger partial charge < -0.3 is 10.5 Å². The lowest BCUT2D eigenvalue weighted by Crippen LogP contribution is -2.34. The van der Waals surface area contributed by atoms with Gasteiger partial charge in [0.2, 0.25) is 0 Å². The van der Waals surface area contributed by atoms with E-state index in [2.05, 4.69) is 19.6 Å². The predicted octanol–water partition coefficient (Wildman–Crippen LogP) is 3.35. The molecule has 0 aromatic rings. The van der Waals surface area contributed by atoms with Crippen molar-refractivity contribution in [1.82, 2.24) is 0 Å². The molecule has 0 amide bonds. The molecule has 1 atom stereocenters. The molecule has 0 radical (unpaired) electrons. The van der Waals surface area contributed by atoms with Crippen LogP contribution in [0, 0.1) is 0 Å². The van der Waals surface area contributed by atoms with Gasteiger partial charge in [-0.25, -0.2) is 0 Å². The molecule has 0 aromatic heterocycles. The first-order valence-electron chi connectivity index (χ1n) is 6.75. The van der Waals surface area contributed by atoms with Gasteiger partial charge in [0.25, 0.3) is 0 Å². The van der Waals surface area contributed by atoms with E-state index >= 15 is 0 Å². The van der Waals surface area contributed by atoms with E-state index in [1.165, 1.54) is 38.5 Å². The fourth-order valence-electron chi connectivity index (χ4n) is 1.59. The highest BCUT2D eigenvalue weighted by Crippen LogP contribution is 2.08. The topological polar surface area (TPSA) is 52.3 Å². The number of halogens is 1. The average molecular weight is 298 g/mol. The molecule has 0 saturated carbocycles. The van der Waals surface area contributed by atoms with Gasteiger partial charge in [-0.15, -0.1) is 12.4 Å². The van der Waals surface area contributed by atoms with Crippen LogP contribution in [0.2, 0.25) is 0 Å². The number of nitrogens with two attached hydrogens (primary N) is 1. The smallest absolute Gasteiger partial charge is 0.323 e. The highest BCUT2D eigenvalue weighted by molar-refractivity contribution is 7.80. The zero-order chi connectivity index (χ0) is 12.9. The number of rotatable bonds is 11. The Morgan fingerprint density at radius 3 is 2.11 bits per heavy atom. The van der Waals surface area contributed by atoms with E-state index in [1.54, 1.807) is 0 Å². The third-order valence-corrected chi connectivity index (χ3v) is 3.14. The van der Waals surface area contributed by atoms with E-state index in [0.29, 0.717) is 12.4 Å². The lowest BCUT2D eigenvalue weighted by atomic mass is 10.1. The van der Waals surface area contributed by atoms with Gasteiger partial charge in [0.1, 0.15) is 6.04 Å². The second-order valence-electron chi connectivity index (χ2n) is 4.43. The number of hydrogen-bond donors (Lipinski definition) is 2. The van der Waals surface area contributed by atoms with E-state index in [0.717, 1.165) is 12.8 Å². The van der Waals surface area contributed by atoms with Crippen molar-refractivity contribution < 1.29 is 9.53 Å². The minimum Gasteiger partial charge on any atom is -0.465 e. The zero-order valence-corrected chi connectivity index (χ0v) is 13.1. The van der Waals surface area contributed by atoms with Gasteiger partial charge in [-0.1, -0.05) is 51.9 Å². The summed E-state index contributed by atoms with van der Waals surface area (Å²) in [5.74, 6) is 0.0129. The molecule has 0 unspecified atom stereocenters. The zero-order valence-electron chi connectivity index (χ0n) is 11.4. The van der Waals surface area contributed by atoms with Crippen LogP contribution in [-0.2, 0) is 9.53 Å². The highest BCUT2D eigenvalue weighted by Gasteiger charge is 2.11. The summed E-state index contributed by atoms with van der Waals surface area (Å²) in [7, 11) is 0. The molecule has 110 valence electrons. The Hall–Kier alpha value is 0.0700. The summed E-state index contributed by atoms with van der Waals surface area (Å²) in [5.41, 5.74) is 5.47. The number of carbonyl (C=O) groups excluding carboxylic acids is 1. The number of thiol groups is 1. The molecule has 5 heteroatoms. The van der Waals surface area contributed by atoms with E-state index in [-0.39, 0.29) is 18.4 Å². The lowest BCUT2D eigenvalue weighted by Gasteiger charge is -2.08. The maximum atomic E-state index is 11.2. The van der Waals surface area contributed by atoms with Crippen LogP contribution in [0.4, 0.5) is 0 Å². The van der Waals surface area contributed by atoms with Crippen molar-refractivity contribution in [3.63, 3.8) is 0 Å². The van der Waals surface area contributed by atoms with Crippen LogP contribution in [0.1, 0.15) is 58.3 Å². The molecule has 0 rings (SSSR count). The van der Waals surface area contributed by atoms with Gasteiger partial charge in [0.15, 0.2) is 0 Å². The van der Waals surface area contributed by atoms with E-state index in [1.807, 2.05) is 0 Å². The van der Waals surface area contributed by atoms with Crippen molar-refractivity contribution in [2.75, 3.05) is 12.4 Å². The number of unbranched alkanes of at least 4 members (excludes halogenated alkanes) is 7. The van der Waals surface area contributed by atoms with Crippen LogP contribution < -0.4 is 5.73 Å². The molecule has 3 nitrogen and oxygen atoms in total. The second-order valence-corrected chi connectivity index (χ2v) is 4.80. The lowest BCUT2D eigenvalue weighted by molar-refractivity contribution is -0.144. The van der Waals surface area contributed by atoms with E-state index in [9.17, 15) is 4.79 Å². The van der Waals surface area contributed by atoms with E-state index < -0.39 is 6.04 Å². The minimum absolute atomic E-state index is 0. The quantitative estimate of drug-likeness (QED) is 0.349. The molecule has 0 aromatic carbocycles. The molecule has 18 heavy (non-hydrogen) atoms. The fourth-order valence-corrected chi connectivity index (χ4v) is 1.74. The molecule has 0 saturated heterocycles. The highest BCUT2D eigenvalue weighted by atomic mass is 35.5. The van der Waals surface area contributed by atoms with Gasteiger partial charge >= 0.3 is 5.97 Å². The van der Waals surface area contributed by atoms with Crippen molar-refractivity contribution in [1.29, 1.82) is 0 Å². The maximum Gasteiger partial charge on any atom is 0.323 e. The predicted molar refractivity (Wildman–Crippen MR) is 82.6 cm³/mol. The maximum absolute atomic E-state index is 11.2. The average Bonchev–Trinajstić information content (AvgIpc) is 2.35. The van der Waals surface area contributed by atoms with Gasteiger partial charge in [0.05, 0.1) is 6.61 Å². The fraction of sp³-hybridized carbons (Fsp3) is 0.923. The molecule has 0 aliphatic rings. The monoisotopic (exact) mass is 297 g/mol. The summed E-state index contributed by atoms with van der Waals surface area (Å²) < 4.78 is 5.03. The standard InChI is InChI=1S/C13H27NO2S.ClH/c1-2-3-4-5-6-7-8-9-10-16-13(15)12(14)11-17;/h12,17H,2-11,14H2,1H3;1H/t12-;/m0./s1. The van der Waals surface area contributed by atoms with Crippen LogP contribution in [0.25, 0.3) is 0 Å². The third kappa shape index (κ3) is 12.5. The van der Waals surface area contributed by atoms with Gasteiger partial charge in [-0.2, -0.15) is 12.6 Å². The summed E-state index contributed by atoms with van der Waals surface area (Å²) in [5, 5.41) is 0.